The first-order chi connectivity index (χ1) is 14.1. The fraction of sp³-hybridized carbons (Fsp3) is 0.0455. The topological polar surface area (TPSA) is 104 Å². The lowest BCUT2D eigenvalue weighted by molar-refractivity contribution is 0.101. The van der Waals surface area contributed by atoms with E-state index in [0.29, 0.717) is 16.9 Å². The molecule has 0 saturated carbocycles. The number of aromatic amines is 1. The summed E-state index contributed by atoms with van der Waals surface area (Å²) in [4.78, 5) is 24.1. The maximum Gasteiger partial charge on any atom is 0.240 e. The van der Waals surface area contributed by atoms with Crippen LogP contribution in [0.3, 0.4) is 0 Å². The highest BCUT2D eigenvalue weighted by Crippen LogP contribution is 2.44. The van der Waals surface area contributed by atoms with Crippen LogP contribution in [-0.2, 0) is 0 Å². The van der Waals surface area contributed by atoms with Crippen molar-refractivity contribution in [2.75, 3.05) is 0 Å². The normalized spacial score (nSPS) is 11.3. The molecule has 0 spiro atoms. The first kappa shape index (κ1) is 17.0. The molecule has 0 atom stereocenters. The Labute approximate surface area is 164 Å². The van der Waals surface area contributed by atoms with Crippen LogP contribution in [0.2, 0.25) is 0 Å². The van der Waals surface area contributed by atoms with Crippen molar-refractivity contribution in [2.24, 2.45) is 0 Å². The number of imidazole rings is 1. The van der Waals surface area contributed by atoms with Crippen LogP contribution in [0.25, 0.3) is 38.9 Å². The maximum atomic E-state index is 12.4. The molecular formula is C22H16N4O3. The fourth-order valence-corrected chi connectivity index (χ4v) is 3.75. The summed E-state index contributed by atoms with van der Waals surface area (Å²) in [5.74, 6) is -1.20. The summed E-state index contributed by atoms with van der Waals surface area (Å²) < 4.78 is 1.48. The average Bonchev–Trinajstić information content (AvgIpc) is 3.29. The second kappa shape index (κ2) is 6.20. The smallest absolute Gasteiger partial charge is 0.240 e. The van der Waals surface area contributed by atoms with Gasteiger partial charge in [-0.25, -0.2) is 4.98 Å². The van der Waals surface area contributed by atoms with Gasteiger partial charge in [-0.3, -0.25) is 14.3 Å². The van der Waals surface area contributed by atoms with Crippen molar-refractivity contribution in [2.45, 2.75) is 6.92 Å². The van der Waals surface area contributed by atoms with Gasteiger partial charge in [0.25, 0.3) is 0 Å². The number of hydrogen-bond donors (Lipinski definition) is 3. The molecule has 0 aliphatic heterocycles. The van der Waals surface area contributed by atoms with E-state index in [1.165, 1.54) is 11.5 Å². The van der Waals surface area contributed by atoms with E-state index in [0.717, 1.165) is 21.9 Å². The van der Waals surface area contributed by atoms with E-state index in [9.17, 15) is 15.0 Å². The van der Waals surface area contributed by atoms with Crippen LogP contribution in [0.5, 0.6) is 11.6 Å². The highest BCUT2D eigenvalue weighted by Gasteiger charge is 2.28. The summed E-state index contributed by atoms with van der Waals surface area (Å²) in [5, 5.41) is 22.2. The summed E-state index contributed by atoms with van der Waals surface area (Å²) >= 11 is 0. The third-order valence-electron chi connectivity index (χ3n) is 5.04. The summed E-state index contributed by atoms with van der Waals surface area (Å²) in [6.07, 6.45) is 3.23. The zero-order valence-electron chi connectivity index (χ0n) is 15.4. The van der Waals surface area contributed by atoms with Gasteiger partial charge in [-0.2, -0.15) is 0 Å². The number of pyridine rings is 1. The Kier molecular flexibility index (Phi) is 3.64. The number of H-pyrrole nitrogens is 1. The lowest BCUT2D eigenvalue weighted by Gasteiger charge is -2.13. The number of nitrogens with one attached hydrogen (secondary N) is 1. The molecule has 3 aromatic heterocycles. The standard InChI is InChI=1S/C22H16N4O3/c1-12(27)19-20(15-8-9-23-16-5-3-2-4-14(15)16)26(22(29)21(19)28)13-6-7-17-18(10-13)25-11-24-17/h2-11,28-29H,1H3,(H,24,25). The minimum atomic E-state index is -0.446. The van der Waals surface area contributed by atoms with Crippen LogP contribution in [0, 0.1) is 0 Å². The summed E-state index contributed by atoms with van der Waals surface area (Å²) in [7, 11) is 0. The molecule has 0 amide bonds. The zero-order valence-corrected chi connectivity index (χ0v) is 15.4. The molecule has 2 aromatic carbocycles. The number of aromatic nitrogens is 4. The van der Waals surface area contributed by atoms with Gasteiger partial charge in [-0.05, 0) is 37.3 Å². The van der Waals surface area contributed by atoms with Crippen molar-refractivity contribution in [1.82, 2.24) is 19.5 Å². The van der Waals surface area contributed by atoms with E-state index < -0.39 is 11.6 Å². The van der Waals surface area contributed by atoms with Crippen LogP contribution in [-0.4, -0.2) is 35.5 Å². The van der Waals surface area contributed by atoms with Gasteiger partial charge in [0, 0.05) is 17.1 Å². The number of carbonyl (C=O) groups is 1. The van der Waals surface area contributed by atoms with Gasteiger partial charge in [-0.15, -0.1) is 0 Å². The number of benzene rings is 2. The molecule has 5 rings (SSSR count). The van der Waals surface area contributed by atoms with Crippen molar-refractivity contribution in [3.8, 4) is 28.6 Å². The molecule has 3 N–H and O–H groups in total. The monoisotopic (exact) mass is 384 g/mol. The van der Waals surface area contributed by atoms with Crippen molar-refractivity contribution in [3.63, 3.8) is 0 Å². The number of hydrogen-bond acceptors (Lipinski definition) is 5. The van der Waals surface area contributed by atoms with Crippen molar-refractivity contribution in [3.05, 3.63) is 66.6 Å². The van der Waals surface area contributed by atoms with Crippen LogP contribution in [0.1, 0.15) is 17.3 Å². The highest BCUT2D eigenvalue weighted by atomic mass is 16.3. The van der Waals surface area contributed by atoms with E-state index >= 15 is 0 Å². The number of aromatic hydroxyl groups is 2. The van der Waals surface area contributed by atoms with Crippen LogP contribution < -0.4 is 0 Å². The summed E-state index contributed by atoms with van der Waals surface area (Å²) in [5.41, 5.74) is 4.01. The Morgan fingerprint density at radius 1 is 1.03 bits per heavy atom. The van der Waals surface area contributed by atoms with Gasteiger partial charge in [0.2, 0.25) is 5.88 Å². The van der Waals surface area contributed by atoms with Crippen LogP contribution in [0.15, 0.2) is 61.1 Å². The minimum absolute atomic E-state index is 0.0589. The fourth-order valence-electron chi connectivity index (χ4n) is 3.75. The molecule has 142 valence electrons. The quantitative estimate of drug-likeness (QED) is 0.405. The number of nitrogens with zero attached hydrogens (tertiary/aromatic N) is 3. The van der Waals surface area contributed by atoms with Gasteiger partial charge in [0.15, 0.2) is 11.5 Å². The minimum Gasteiger partial charge on any atom is -0.503 e. The number of Topliss-reactive ketones (excluding diaryl/α,β-unsaturated/α-hetero) is 1. The Hall–Kier alpha value is -4.13. The average molecular weight is 384 g/mol. The molecule has 0 aliphatic carbocycles. The molecule has 3 heterocycles. The van der Waals surface area contributed by atoms with Gasteiger partial charge in [0.05, 0.1) is 39.8 Å². The molecule has 0 aliphatic rings. The van der Waals surface area contributed by atoms with Crippen molar-refractivity contribution in [1.29, 1.82) is 0 Å². The molecule has 0 fully saturated rings. The molecule has 7 nitrogen and oxygen atoms in total. The van der Waals surface area contributed by atoms with Crippen molar-refractivity contribution >= 4 is 27.7 Å². The second-order valence-electron chi connectivity index (χ2n) is 6.77. The van der Waals surface area contributed by atoms with E-state index in [4.69, 9.17) is 0 Å². The van der Waals surface area contributed by atoms with E-state index in [1.807, 2.05) is 24.3 Å². The Balaban J connectivity index is 1.91. The molecule has 7 heteroatoms. The van der Waals surface area contributed by atoms with Gasteiger partial charge < -0.3 is 15.2 Å². The van der Waals surface area contributed by atoms with Crippen molar-refractivity contribution < 1.29 is 15.0 Å². The molecule has 5 aromatic rings. The number of rotatable bonds is 3. The zero-order chi connectivity index (χ0) is 20.1. The third-order valence-corrected chi connectivity index (χ3v) is 5.04. The molecule has 0 radical (unpaired) electrons. The predicted molar refractivity (Wildman–Crippen MR) is 109 cm³/mol. The molecule has 0 bridgehead atoms. The number of carbonyl (C=O) groups excluding carboxylic acids is 1. The van der Waals surface area contributed by atoms with Crippen LogP contribution >= 0.6 is 0 Å². The first-order valence-corrected chi connectivity index (χ1v) is 9.01. The van der Waals surface area contributed by atoms with Gasteiger partial charge >= 0.3 is 0 Å². The lowest BCUT2D eigenvalue weighted by atomic mass is 10.0. The van der Waals surface area contributed by atoms with E-state index in [1.54, 1.807) is 36.8 Å². The first-order valence-electron chi connectivity index (χ1n) is 9.01. The Morgan fingerprint density at radius 2 is 1.86 bits per heavy atom. The van der Waals surface area contributed by atoms with E-state index in [-0.39, 0.29) is 11.3 Å². The van der Waals surface area contributed by atoms with Gasteiger partial charge in [-0.1, -0.05) is 18.2 Å². The Bertz CT molecular complexity index is 1410. The predicted octanol–water partition coefficient (Wildman–Crippen LogP) is 4.18. The number of ketones is 1. The number of fused-ring (bicyclic) bond motifs is 2. The lowest BCUT2D eigenvalue weighted by Crippen LogP contribution is -2.01. The molecule has 0 saturated heterocycles. The molecule has 0 unspecified atom stereocenters. The second-order valence-corrected chi connectivity index (χ2v) is 6.77. The third kappa shape index (κ3) is 2.48. The van der Waals surface area contributed by atoms with Gasteiger partial charge in [0.1, 0.15) is 0 Å². The Morgan fingerprint density at radius 3 is 2.69 bits per heavy atom. The van der Waals surface area contributed by atoms with Crippen LogP contribution in [0.4, 0.5) is 0 Å². The molecule has 29 heavy (non-hydrogen) atoms. The summed E-state index contributed by atoms with van der Waals surface area (Å²) in [6, 6.07) is 14.7. The summed E-state index contributed by atoms with van der Waals surface area (Å²) in [6.45, 7) is 1.36. The highest BCUT2D eigenvalue weighted by molar-refractivity contribution is 6.08. The van der Waals surface area contributed by atoms with E-state index in [2.05, 4.69) is 15.0 Å². The largest absolute Gasteiger partial charge is 0.503 e. The number of para-hydroxylation sites is 1. The maximum absolute atomic E-state index is 12.4. The SMILES string of the molecule is CC(=O)c1c(O)c(O)n(-c2ccc3nc[nH]c3c2)c1-c1ccnc2ccccc12. The molecular weight excluding hydrogens is 368 g/mol.